The highest BCUT2D eigenvalue weighted by molar-refractivity contribution is 6.31. The van der Waals surface area contributed by atoms with Crippen molar-refractivity contribution in [3.63, 3.8) is 0 Å². The number of benzene rings is 1. The van der Waals surface area contributed by atoms with Crippen LogP contribution < -0.4 is 5.32 Å². The Bertz CT molecular complexity index is 438. The summed E-state index contributed by atoms with van der Waals surface area (Å²) in [7, 11) is 0. The van der Waals surface area contributed by atoms with Gasteiger partial charge in [-0.3, -0.25) is 10.1 Å². The molecule has 1 N–H and O–H groups in total. The van der Waals surface area contributed by atoms with E-state index in [1.807, 2.05) is 13.8 Å². The van der Waals surface area contributed by atoms with Gasteiger partial charge < -0.3 is 10.1 Å². The van der Waals surface area contributed by atoms with Crippen LogP contribution in [0, 0.1) is 17.0 Å². The lowest BCUT2D eigenvalue weighted by Gasteiger charge is -2.15. The summed E-state index contributed by atoms with van der Waals surface area (Å²) in [6.45, 7) is 6.67. The number of hydrogen-bond donors (Lipinski definition) is 1. The molecule has 0 aliphatic carbocycles. The predicted molar refractivity (Wildman–Crippen MR) is 72.4 cm³/mol. The molecule has 1 unspecified atom stereocenters. The van der Waals surface area contributed by atoms with Gasteiger partial charge >= 0.3 is 0 Å². The van der Waals surface area contributed by atoms with Crippen molar-refractivity contribution in [2.75, 3.05) is 18.5 Å². The number of anilines is 1. The highest BCUT2D eigenvalue weighted by Crippen LogP contribution is 2.32. The average Bonchev–Trinajstić information content (AvgIpc) is 2.31. The Morgan fingerprint density at radius 1 is 1.56 bits per heavy atom. The normalized spacial score (nSPS) is 12.2. The van der Waals surface area contributed by atoms with Crippen LogP contribution in [-0.4, -0.2) is 24.2 Å². The first-order valence-electron chi connectivity index (χ1n) is 5.76. The lowest BCUT2D eigenvalue weighted by molar-refractivity contribution is -0.384. The van der Waals surface area contributed by atoms with Gasteiger partial charge in [0.2, 0.25) is 0 Å². The number of nitrogens with zero attached hydrogens (tertiary/aromatic N) is 1. The van der Waals surface area contributed by atoms with Gasteiger partial charge in [-0.25, -0.2) is 0 Å². The zero-order chi connectivity index (χ0) is 13.7. The Morgan fingerprint density at radius 2 is 2.22 bits per heavy atom. The molecule has 0 saturated heterocycles. The van der Waals surface area contributed by atoms with Gasteiger partial charge in [-0.1, -0.05) is 11.6 Å². The van der Waals surface area contributed by atoms with Gasteiger partial charge in [0, 0.05) is 24.2 Å². The van der Waals surface area contributed by atoms with Crippen LogP contribution in [-0.2, 0) is 4.74 Å². The Labute approximate surface area is 111 Å². The van der Waals surface area contributed by atoms with Gasteiger partial charge in [-0.2, -0.15) is 0 Å². The summed E-state index contributed by atoms with van der Waals surface area (Å²) in [5, 5.41) is 14.5. The van der Waals surface area contributed by atoms with E-state index in [2.05, 4.69) is 5.32 Å². The Balaban J connectivity index is 2.92. The zero-order valence-electron chi connectivity index (χ0n) is 10.7. The van der Waals surface area contributed by atoms with Gasteiger partial charge in [0.05, 0.1) is 11.0 Å². The highest BCUT2D eigenvalue weighted by Gasteiger charge is 2.18. The number of hydrogen-bond acceptors (Lipinski definition) is 4. The molecule has 5 nitrogen and oxygen atoms in total. The van der Waals surface area contributed by atoms with E-state index in [4.69, 9.17) is 16.3 Å². The van der Waals surface area contributed by atoms with Crippen LogP contribution in [0.2, 0.25) is 5.02 Å². The molecule has 0 radical (unpaired) electrons. The molecule has 0 aliphatic heterocycles. The monoisotopic (exact) mass is 272 g/mol. The van der Waals surface area contributed by atoms with Gasteiger partial charge in [0.25, 0.3) is 5.69 Å². The molecule has 1 aromatic rings. The first-order chi connectivity index (χ1) is 8.47. The van der Waals surface area contributed by atoms with Crippen LogP contribution in [0.5, 0.6) is 0 Å². The van der Waals surface area contributed by atoms with Crippen molar-refractivity contribution in [2.24, 2.45) is 0 Å². The molecule has 1 aromatic carbocycles. The molecule has 0 aromatic heterocycles. The van der Waals surface area contributed by atoms with Crippen molar-refractivity contribution in [3.05, 3.63) is 32.8 Å². The van der Waals surface area contributed by atoms with Crippen molar-refractivity contribution >= 4 is 23.0 Å². The molecule has 0 spiro atoms. The maximum atomic E-state index is 10.9. The van der Waals surface area contributed by atoms with Crippen LogP contribution in [0.4, 0.5) is 11.4 Å². The van der Waals surface area contributed by atoms with Crippen LogP contribution in [0.15, 0.2) is 12.1 Å². The number of nitro groups is 1. The standard InChI is InChI=1S/C12H17ClN2O3/c1-4-18-8(2)7-14-12-9(3)10(13)5-6-11(12)15(16)17/h5-6,8,14H,4,7H2,1-3H3. The summed E-state index contributed by atoms with van der Waals surface area (Å²) in [5.41, 5.74) is 1.16. The van der Waals surface area contributed by atoms with Gasteiger partial charge in [-0.15, -0.1) is 0 Å². The second kappa shape index (κ2) is 6.56. The van der Waals surface area contributed by atoms with E-state index in [0.717, 1.165) is 0 Å². The van der Waals surface area contributed by atoms with E-state index >= 15 is 0 Å². The minimum absolute atomic E-state index is 0.0204. The van der Waals surface area contributed by atoms with E-state index in [1.165, 1.54) is 12.1 Å². The maximum Gasteiger partial charge on any atom is 0.292 e. The summed E-state index contributed by atoms with van der Waals surface area (Å²) < 4.78 is 5.37. The second-order valence-electron chi connectivity index (χ2n) is 3.97. The van der Waals surface area contributed by atoms with Gasteiger partial charge in [-0.05, 0) is 32.4 Å². The van der Waals surface area contributed by atoms with Crippen LogP contribution >= 0.6 is 11.6 Å². The maximum absolute atomic E-state index is 10.9. The minimum atomic E-state index is -0.420. The third-order valence-corrected chi connectivity index (χ3v) is 3.00. The summed E-state index contributed by atoms with van der Waals surface area (Å²) in [6.07, 6.45) is -0.0204. The molecular weight excluding hydrogens is 256 g/mol. The minimum Gasteiger partial charge on any atom is -0.377 e. The van der Waals surface area contributed by atoms with E-state index < -0.39 is 4.92 Å². The largest absolute Gasteiger partial charge is 0.377 e. The quantitative estimate of drug-likeness (QED) is 0.637. The molecule has 0 bridgehead atoms. The molecule has 0 amide bonds. The van der Waals surface area contributed by atoms with Crippen molar-refractivity contribution in [2.45, 2.75) is 26.9 Å². The lowest BCUT2D eigenvalue weighted by atomic mass is 10.1. The smallest absolute Gasteiger partial charge is 0.292 e. The van der Waals surface area contributed by atoms with Crippen molar-refractivity contribution < 1.29 is 9.66 Å². The molecule has 100 valence electrons. The fraction of sp³-hybridized carbons (Fsp3) is 0.500. The Hall–Kier alpha value is -1.33. The van der Waals surface area contributed by atoms with Crippen LogP contribution in [0.3, 0.4) is 0 Å². The molecular formula is C12H17ClN2O3. The van der Waals surface area contributed by atoms with Crippen molar-refractivity contribution in [3.8, 4) is 0 Å². The lowest BCUT2D eigenvalue weighted by Crippen LogP contribution is -2.20. The zero-order valence-corrected chi connectivity index (χ0v) is 11.5. The van der Waals surface area contributed by atoms with E-state index in [-0.39, 0.29) is 11.8 Å². The molecule has 0 saturated carbocycles. The van der Waals surface area contributed by atoms with Gasteiger partial charge in [0.1, 0.15) is 5.69 Å². The van der Waals surface area contributed by atoms with Crippen molar-refractivity contribution in [1.29, 1.82) is 0 Å². The molecule has 18 heavy (non-hydrogen) atoms. The SMILES string of the molecule is CCOC(C)CNc1c([N+](=O)[O-])ccc(Cl)c1C. The predicted octanol–water partition coefficient (Wildman–Crippen LogP) is 3.39. The molecule has 0 aliphatic rings. The first-order valence-corrected chi connectivity index (χ1v) is 6.14. The highest BCUT2D eigenvalue weighted by atomic mass is 35.5. The number of ether oxygens (including phenoxy) is 1. The third-order valence-electron chi connectivity index (χ3n) is 2.59. The Morgan fingerprint density at radius 3 is 2.78 bits per heavy atom. The van der Waals surface area contributed by atoms with Gasteiger partial charge in [0.15, 0.2) is 0 Å². The fourth-order valence-corrected chi connectivity index (χ4v) is 1.79. The number of rotatable bonds is 6. The van der Waals surface area contributed by atoms with E-state index in [1.54, 1.807) is 6.92 Å². The Kier molecular flexibility index (Phi) is 5.37. The average molecular weight is 273 g/mol. The molecule has 6 heteroatoms. The molecule has 0 heterocycles. The summed E-state index contributed by atoms with van der Waals surface area (Å²) in [4.78, 5) is 10.5. The number of halogens is 1. The topological polar surface area (TPSA) is 64.4 Å². The van der Waals surface area contributed by atoms with Crippen molar-refractivity contribution in [1.82, 2.24) is 0 Å². The summed E-state index contributed by atoms with van der Waals surface area (Å²) in [6, 6.07) is 2.94. The van der Waals surface area contributed by atoms with E-state index in [0.29, 0.717) is 29.4 Å². The number of nitro benzene ring substituents is 1. The molecule has 0 fully saturated rings. The molecule has 1 rings (SSSR count). The second-order valence-corrected chi connectivity index (χ2v) is 4.38. The first kappa shape index (κ1) is 14.7. The van der Waals surface area contributed by atoms with Crippen LogP contribution in [0.1, 0.15) is 19.4 Å². The summed E-state index contributed by atoms with van der Waals surface area (Å²) in [5.74, 6) is 0. The fourth-order valence-electron chi connectivity index (χ4n) is 1.64. The summed E-state index contributed by atoms with van der Waals surface area (Å²) >= 11 is 5.97. The number of nitrogens with one attached hydrogen (secondary N) is 1. The molecule has 1 atom stereocenters. The van der Waals surface area contributed by atoms with E-state index in [9.17, 15) is 10.1 Å². The third kappa shape index (κ3) is 3.58. The van der Waals surface area contributed by atoms with Crippen LogP contribution in [0.25, 0.3) is 0 Å².